The second kappa shape index (κ2) is 50.2. The van der Waals surface area contributed by atoms with E-state index >= 15 is 0 Å². The second-order valence-corrected chi connectivity index (χ2v) is 35.2. The molecule has 8 aromatic heterocycles. The first-order valence-electron chi connectivity index (χ1n) is 49.1. The van der Waals surface area contributed by atoms with Gasteiger partial charge in [-0.1, -0.05) is 215 Å². The van der Waals surface area contributed by atoms with Gasteiger partial charge in [0.2, 0.25) is 45.6 Å². The molecule has 0 aliphatic carbocycles. The maximum Gasteiger partial charge on any atom is 0.215 e. The van der Waals surface area contributed by atoms with E-state index in [4.69, 9.17) is 8.22 Å². The maximum atomic E-state index is 7.55. The highest BCUT2D eigenvalue weighted by Gasteiger charge is 2.23. The van der Waals surface area contributed by atoms with E-state index in [-0.39, 0.29) is 7.43 Å². The molecule has 0 saturated heterocycles. The fourth-order valence-corrected chi connectivity index (χ4v) is 16.2. The highest BCUT2D eigenvalue weighted by atomic mass is 15.0. The molecule has 0 atom stereocenters. The van der Waals surface area contributed by atoms with Crippen molar-refractivity contribution in [1.82, 2.24) is 0 Å². The van der Waals surface area contributed by atoms with E-state index in [1.165, 1.54) is 145 Å². The zero-order chi connectivity index (χ0) is 99.4. The predicted molar refractivity (Wildman–Crippen MR) is 554 cm³/mol. The summed E-state index contributed by atoms with van der Waals surface area (Å²) in [6.07, 6.45) is 19.6. The normalized spacial score (nSPS) is 11.4. The third-order valence-corrected chi connectivity index (χ3v) is 24.3. The van der Waals surface area contributed by atoms with Crippen molar-refractivity contribution in [3.05, 3.63) is 429 Å². The van der Waals surface area contributed by atoms with Gasteiger partial charge in [0, 0.05) is 147 Å². The number of hydrogen-bond donors (Lipinski definition) is 0. The van der Waals surface area contributed by atoms with Crippen LogP contribution >= 0.6 is 0 Å². The van der Waals surface area contributed by atoms with Crippen molar-refractivity contribution in [2.45, 2.75) is 183 Å². The van der Waals surface area contributed by atoms with E-state index in [1.807, 2.05) is 85.6 Å². The minimum Gasteiger partial charge on any atom is -0.201 e. The van der Waals surface area contributed by atoms with Crippen molar-refractivity contribution in [2.24, 2.45) is 56.4 Å². The van der Waals surface area contributed by atoms with E-state index in [0.717, 1.165) is 47.3 Å². The quantitative estimate of drug-likeness (QED) is 0.0972. The van der Waals surface area contributed by atoms with Gasteiger partial charge < -0.3 is 0 Å². The van der Waals surface area contributed by atoms with Crippen LogP contribution in [0.3, 0.4) is 0 Å². The Kier molecular flexibility index (Phi) is 36.1. The zero-order valence-corrected chi connectivity index (χ0v) is 82.7. The van der Waals surface area contributed by atoms with Crippen molar-refractivity contribution in [1.29, 1.82) is 0 Å². The van der Waals surface area contributed by atoms with Crippen LogP contribution in [0.15, 0.2) is 335 Å². The number of hydrogen-bond acceptors (Lipinski definition) is 0. The van der Waals surface area contributed by atoms with Crippen LogP contribution in [0.1, 0.15) is 190 Å². The molecular weight excluding hydrogens is 1590 g/mol. The molecule has 0 unspecified atom stereocenters. The van der Waals surface area contributed by atoms with E-state index in [2.05, 4.69) is 448 Å². The third-order valence-electron chi connectivity index (χ3n) is 24.3. The average Bonchev–Trinajstić information content (AvgIpc) is 0.772. The fraction of sp³-hybridized carbons (Fsp3) is 0.285. The van der Waals surface area contributed by atoms with Gasteiger partial charge in [-0.25, -0.2) is 36.5 Å². The smallest absolute Gasteiger partial charge is 0.201 e. The van der Waals surface area contributed by atoms with Gasteiger partial charge in [0.25, 0.3) is 0 Å². The molecule has 0 spiro atoms. The molecule has 676 valence electrons. The van der Waals surface area contributed by atoms with Crippen molar-refractivity contribution in [2.75, 3.05) is 0 Å². The van der Waals surface area contributed by atoms with Crippen LogP contribution in [-0.2, 0) is 75.6 Å². The van der Waals surface area contributed by atoms with Gasteiger partial charge in [0.15, 0.2) is 49.6 Å². The summed E-state index contributed by atoms with van der Waals surface area (Å²) in [5.74, 6) is 1.68. The van der Waals surface area contributed by atoms with E-state index in [9.17, 15) is 0 Å². The van der Waals surface area contributed by atoms with Crippen LogP contribution in [-0.4, -0.2) is 0 Å². The molecule has 0 radical (unpaired) electrons. The van der Waals surface area contributed by atoms with Crippen molar-refractivity contribution in [3.8, 4) is 90.1 Å². The maximum absolute atomic E-state index is 7.55. The lowest BCUT2D eigenvalue weighted by molar-refractivity contribution is -0.661. The number of nitrogens with zero attached hydrogens (tertiary/aromatic N) is 8. The van der Waals surface area contributed by atoms with Crippen LogP contribution in [0.5, 0.6) is 0 Å². The topological polar surface area (TPSA) is 31.0 Å². The Hall–Kier alpha value is -13.0. The molecular formula is C123H152N8+8. The summed E-state index contributed by atoms with van der Waals surface area (Å²) in [5, 5.41) is 0. The molecule has 131 heavy (non-hydrogen) atoms. The van der Waals surface area contributed by atoms with Gasteiger partial charge in [-0.2, -0.15) is 0 Å². The van der Waals surface area contributed by atoms with Crippen LogP contribution in [0.4, 0.5) is 0 Å². The van der Waals surface area contributed by atoms with Crippen molar-refractivity contribution in [3.63, 3.8) is 0 Å². The van der Waals surface area contributed by atoms with Gasteiger partial charge in [-0.15, -0.1) is 0 Å². The Morgan fingerprint density at radius 3 is 0.969 bits per heavy atom. The molecule has 0 aliphatic heterocycles. The summed E-state index contributed by atoms with van der Waals surface area (Å²) in [5.41, 5.74) is 40.2. The van der Waals surface area contributed by atoms with E-state index in [0.29, 0.717) is 28.9 Å². The predicted octanol–water partition coefficient (Wildman–Crippen LogP) is 26.5. The monoisotopic (exact) mass is 1750 g/mol. The number of aromatic nitrogens is 8. The average molecular weight is 1750 g/mol. The Balaban J connectivity index is 0.000000192. The number of benzene rings is 8. The molecule has 0 aliphatic rings. The van der Waals surface area contributed by atoms with Gasteiger partial charge in [0.1, 0.15) is 56.4 Å². The van der Waals surface area contributed by atoms with E-state index < -0.39 is 13.7 Å². The molecule has 0 bridgehead atoms. The summed E-state index contributed by atoms with van der Waals surface area (Å²) in [6, 6.07) is 99.4. The largest absolute Gasteiger partial charge is 0.215 e. The molecule has 0 fully saturated rings. The summed E-state index contributed by atoms with van der Waals surface area (Å²) in [4.78, 5) is 0. The first-order chi connectivity index (χ1) is 64.7. The molecule has 8 nitrogen and oxygen atoms in total. The first kappa shape index (κ1) is 94.1. The molecule has 0 saturated carbocycles. The van der Waals surface area contributed by atoms with E-state index in [1.54, 1.807) is 18.5 Å². The minimum absolute atomic E-state index is 0. The number of rotatable bonds is 14. The molecule has 8 heterocycles. The summed E-state index contributed by atoms with van der Waals surface area (Å²) >= 11 is 0. The zero-order valence-electron chi connectivity index (χ0n) is 88.7. The number of aryl methyl sites for hydroxylation is 22. The highest BCUT2D eigenvalue weighted by molar-refractivity contribution is 5.68. The first-order valence-corrected chi connectivity index (χ1v) is 46.1. The molecule has 16 rings (SSSR count). The lowest BCUT2D eigenvalue weighted by Crippen LogP contribution is -2.32. The standard InChI is InChI=1S/3C16H20N.4C15H18N.C14H16N.CH4/c1-12(2)14-10-7-11-17(4)16(14)15-9-6-5-8-13(15)3;1-12(2)14-9-10-17(4)16(11-14)15-8-6-5-7-13(15)3;1-12(2)14-9-10-16(17(4)11-14)15-8-6-5-7-13(15)3;1-11-7-5-6-8-14(11)15-9-12(2)13(3)10-16(15)4;1-4-13-9-7-11-16(3)15(13)14-10-6-5-8-12(14)2;1-4-13-9-10-16(3)15(11-13)14-8-6-5-7-12(14)2;1-4-13-9-10-15(16(3)11-13)14-8-6-5-7-12(14)2;1-11-8-9-14(15(3)10-11)13-7-5-4-6-12(13)2;/h3*5-12H,1-4H3;5-10H,1-4H3;3*5-11H,4H2,1-3H3;4-10H,1-3H3;1H4/q8*+1;/i;;;3D3;;;;1D3;. The Bertz CT molecular complexity index is 6680. The third kappa shape index (κ3) is 28.2. The SMILES string of the molecule is C.CCc1cc[n+](C)c(-c2ccccc2C)c1.CCc1ccc(-c2ccccc2C)[n+](C)c1.CCc1ccc[n+](C)c1-c1ccccc1C.Cc1ccccc1-c1c(C(C)C)ccc[n+]1C.Cc1ccccc1-c1cc(C(C)C)cc[n+]1C.Cc1ccccc1-c1ccc(C(C)C)c[n+]1C.[2H]C([2H])([2H])c1c[n+](C)c(-c2ccccc2C)cc1C.[2H]C([2H])([2H])c1ccc(-c2ccccc2C)[n+](C)c1. The summed E-state index contributed by atoms with van der Waals surface area (Å²) in [6.45, 7) is 34.8. The lowest BCUT2D eigenvalue weighted by atomic mass is 9.94. The Morgan fingerprint density at radius 1 is 0.237 bits per heavy atom. The van der Waals surface area contributed by atoms with Gasteiger partial charge >= 0.3 is 0 Å². The molecule has 0 amide bonds. The molecule has 8 aromatic carbocycles. The minimum atomic E-state index is -2.06. The van der Waals surface area contributed by atoms with Crippen LogP contribution < -0.4 is 36.5 Å². The summed E-state index contributed by atoms with van der Waals surface area (Å²) in [7, 11) is 16.4. The highest BCUT2D eigenvalue weighted by Crippen LogP contribution is 2.32. The van der Waals surface area contributed by atoms with Gasteiger partial charge in [-0.3, -0.25) is 0 Å². The van der Waals surface area contributed by atoms with Crippen LogP contribution in [0.25, 0.3) is 90.1 Å². The second-order valence-electron chi connectivity index (χ2n) is 35.2. The Morgan fingerprint density at radius 2 is 0.588 bits per heavy atom. The van der Waals surface area contributed by atoms with Crippen molar-refractivity contribution < 1.29 is 44.8 Å². The number of pyridine rings is 8. The van der Waals surface area contributed by atoms with Crippen LogP contribution in [0, 0.1) is 76.0 Å². The summed E-state index contributed by atoms with van der Waals surface area (Å²) < 4.78 is 61.8. The van der Waals surface area contributed by atoms with Gasteiger partial charge in [0.05, 0.1) is 0 Å². The van der Waals surface area contributed by atoms with Gasteiger partial charge in [-0.05, 0) is 253 Å². The molecule has 0 N–H and O–H groups in total. The molecule has 16 aromatic rings. The lowest BCUT2D eigenvalue weighted by Gasteiger charge is -2.11. The Labute approximate surface area is 798 Å². The van der Waals surface area contributed by atoms with Crippen molar-refractivity contribution >= 4 is 0 Å². The fourth-order valence-electron chi connectivity index (χ4n) is 16.2. The molecule has 8 heteroatoms. The van der Waals surface area contributed by atoms with Crippen LogP contribution in [0.2, 0.25) is 0 Å².